The van der Waals surface area contributed by atoms with Crippen molar-refractivity contribution >= 4 is 32.7 Å². The summed E-state index contributed by atoms with van der Waals surface area (Å²) < 4.78 is 28.0. The first-order chi connectivity index (χ1) is 12.1. The van der Waals surface area contributed by atoms with Gasteiger partial charge in [0.1, 0.15) is 0 Å². The molecule has 0 aliphatic carbocycles. The third-order valence-corrected chi connectivity index (χ3v) is 7.04. The highest BCUT2D eigenvalue weighted by Gasteiger charge is 2.22. The van der Waals surface area contributed by atoms with Crippen molar-refractivity contribution in [1.82, 2.24) is 3.97 Å². The van der Waals surface area contributed by atoms with Crippen molar-refractivity contribution < 1.29 is 8.42 Å². The average molecular weight is 374 g/mol. The molecule has 3 nitrogen and oxygen atoms in total. The van der Waals surface area contributed by atoms with Gasteiger partial charge in [-0.3, -0.25) is 0 Å². The van der Waals surface area contributed by atoms with Crippen LogP contribution in [0.25, 0.3) is 10.9 Å². The molecule has 0 saturated carbocycles. The van der Waals surface area contributed by atoms with Gasteiger partial charge in [-0.05, 0) is 55.0 Å². The predicted molar refractivity (Wildman–Crippen MR) is 106 cm³/mol. The van der Waals surface area contributed by atoms with Crippen LogP contribution in [0.1, 0.15) is 32.4 Å². The predicted octanol–water partition coefficient (Wildman–Crippen LogP) is 5.33. The molecule has 3 aromatic rings. The van der Waals surface area contributed by atoms with Gasteiger partial charge in [0.2, 0.25) is 0 Å². The summed E-state index contributed by atoms with van der Waals surface area (Å²) in [6.45, 7) is 4.23. The van der Waals surface area contributed by atoms with Gasteiger partial charge in [0.15, 0.2) is 0 Å². The summed E-state index contributed by atoms with van der Waals surface area (Å²) in [5.74, 6) is 1.07. The fraction of sp³-hybridized carbons (Fsp3) is 0.300. The maximum absolute atomic E-state index is 13.2. The zero-order valence-corrected chi connectivity index (χ0v) is 16.2. The van der Waals surface area contributed by atoms with Gasteiger partial charge in [0.25, 0.3) is 10.0 Å². The highest BCUT2D eigenvalue weighted by atomic mass is 32.2. The normalized spacial score (nSPS) is 11.9. The van der Waals surface area contributed by atoms with Crippen LogP contribution >= 0.6 is 11.8 Å². The molecular weight excluding hydrogens is 350 g/mol. The minimum atomic E-state index is -3.60. The Kier molecular flexibility index (Phi) is 5.54. The minimum absolute atomic E-state index is 0.328. The Morgan fingerprint density at radius 2 is 1.72 bits per heavy atom. The lowest BCUT2D eigenvalue weighted by atomic mass is 10.2. The highest BCUT2D eigenvalue weighted by molar-refractivity contribution is 7.99. The highest BCUT2D eigenvalue weighted by Crippen LogP contribution is 2.30. The number of fused-ring (bicyclic) bond motifs is 1. The molecule has 0 N–H and O–H groups in total. The van der Waals surface area contributed by atoms with Crippen molar-refractivity contribution in [3.8, 4) is 0 Å². The van der Waals surface area contributed by atoms with Crippen LogP contribution in [0.15, 0.2) is 64.4 Å². The third-order valence-electron chi connectivity index (χ3n) is 4.06. The van der Waals surface area contributed by atoms with Gasteiger partial charge >= 0.3 is 0 Å². The van der Waals surface area contributed by atoms with Crippen molar-refractivity contribution in [2.45, 2.75) is 42.9 Å². The lowest BCUT2D eigenvalue weighted by molar-refractivity contribution is 0.586. The van der Waals surface area contributed by atoms with Crippen LogP contribution in [0.5, 0.6) is 0 Å². The summed E-state index contributed by atoms with van der Waals surface area (Å²) in [6.07, 6.45) is 2.75. The lowest BCUT2D eigenvalue weighted by Crippen LogP contribution is -2.15. The second-order valence-corrected chi connectivity index (χ2v) is 8.99. The molecule has 0 aliphatic heterocycles. The molecule has 132 valence electrons. The van der Waals surface area contributed by atoms with Gasteiger partial charge in [-0.1, -0.05) is 38.5 Å². The van der Waals surface area contributed by atoms with Crippen LogP contribution in [-0.4, -0.2) is 18.1 Å². The Labute approximate surface area is 154 Å². The summed E-state index contributed by atoms with van der Waals surface area (Å²) in [5, 5.41) is 0.990. The van der Waals surface area contributed by atoms with Crippen molar-refractivity contribution in [3.63, 3.8) is 0 Å². The van der Waals surface area contributed by atoms with E-state index < -0.39 is 10.0 Å². The molecule has 2 aromatic carbocycles. The van der Waals surface area contributed by atoms with Crippen molar-refractivity contribution in [2.75, 3.05) is 5.75 Å². The molecule has 0 bridgehead atoms. The Balaban J connectivity index is 2.17. The first-order valence-corrected chi connectivity index (χ1v) is 11.1. The summed E-state index contributed by atoms with van der Waals surface area (Å²) in [5.41, 5.74) is 1.60. The summed E-state index contributed by atoms with van der Waals surface area (Å²) in [4.78, 5) is 1.51. The van der Waals surface area contributed by atoms with E-state index in [-0.39, 0.29) is 0 Å². The summed E-state index contributed by atoms with van der Waals surface area (Å²) >= 11 is 1.81. The molecule has 3 rings (SSSR count). The molecule has 0 amide bonds. The van der Waals surface area contributed by atoms with Gasteiger partial charge in [0, 0.05) is 16.0 Å². The number of aryl methyl sites for hydroxylation is 1. The first kappa shape index (κ1) is 18.1. The van der Waals surface area contributed by atoms with Gasteiger partial charge in [-0.2, -0.15) is 0 Å². The number of hydrogen-bond acceptors (Lipinski definition) is 3. The fourth-order valence-electron chi connectivity index (χ4n) is 2.95. The molecule has 0 unspecified atom stereocenters. The van der Waals surface area contributed by atoms with E-state index in [0.717, 1.165) is 41.6 Å². The van der Waals surface area contributed by atoms with Crippen LogP contribution in [-0.2, 0) is 16.4 Å². The van der Waals surface area contributed by atoms with Crippen LogP contribution in [0.3, 0.4) is 0 Å². The zero-order valence-electron chi connectivity index (χ0n) is 14.6. The number of benzene rings is 2. The third kappa shape index (κ3) is 3.62. The van der Waals surface area contributed by atoms with Crippen LogP contribution in [0, 0.1) is 0 Å². The molecule has 0 saturated heterocycles. The zero-order chi connectivity index (χ0) is 17.9. The van der Waals surface area contributed by atoms with Crippen molar-refractivity contribution in [3.05, 3.63) is 60.3 Å². The van der Waals surface area contributed by atoms with Gasteiger partial charge < -0.3 is 0 Å². The Hall–Kier alpha value is -1.72. The van der Waals surface area contributed by atoms with Gasteiger partial charge in [-0.15, -0.1) is 11.8 Å². The average Bonchev–Trinajstić information content (AvgIpc) is 2.99. The second-order valence-electron chi connectivity index (χ2n) is 6.04. The number of hydrogen-bond donors (Lipinski definition) is 0. The topological polar surface area (TPSA) is 39.1 Å². The molecule has 0 fully saturated rings. The Morgan fingerprint density at radius 1 is 0.960 bits per heavy atom. The molecule has 5 heteroatoms. The minimum Gasteiger partial charge on any atom is -0.238 e. The van der Waals surface area contributed by atoms with Crippen LogP contribution < -0.4 is 0 Å². The smallest absolute Gasteiger partial charge is 0.238 e. The number of thioether (sulfide) groups is 1. The van der Waals surface area contributed by atoms with Crippen LogP contribution in [0.4, 0.5) is 0 Å². The first-order valence-electron chi connectivity index (χ1n) is 8.65. The van der Waals surface area contributed by atoms with Crippen molar-refractivity contribution in [2.24, 2.45) is 0 Å². The maximum Gasteiger partial charge on any atom is 0.268 e. The van der Waals surface area contributed by atoms with E-state index >= 15 is 0 Å². The summed E-state index contributed by atoms with van der Waals surface area (Å²) in [7, 11) is -3.60. The number of aromatic nitrogens is 1. The molecule has 1 aromatic heterocycles. The van der Waals surface area contributed by atoms with E-state index in [1.54, 1.807) is 24.3 Å². The maximum atomic E-state index is 13.2. The monoisotopic (exact) mass is 373 g/mol. The summed E-state index contributed by atoms with van der Waals surface area (Å²) in [6, 6.07) is 16.8. The van der Waals surface area contributed by atoms with E-state index in [1.165, 1.54) is 8.87 Å². The Morgan fingerprint density at radius 3 is 2.40 bits per heavy atom. The molecule has 0 atom stereocenters. The largest absolute Gasteiger partial charge is 0.268 e. The second kappa shape index (κ2) is 7.67. The van der Waals surface area contributed by atoms with E-state index in [1.807, 2.05) is 36.0 Å². The Bertz CT molecular complexity index is 960. The van der Waals surface area contributed by atoms with Crippen LogP contribution in [0.2, 0.25) is 0 Å². The van der Waals surface area contributed by atoms with Crippen molar-refractivity contribution in [1.29, 1.82) is 0 Å². The SMILES string of the molecule is CCCSc1ccc2c(c1)cc(CCC)n2S(=O)(=O)c1ccccc1. The molecule has 25 heavy (non-hydrogen) atoms. The molecule has 1 heterocycles. The molecule has 0 spiro atoms. The molecular formula is C20H23NO2S2. The standard InChI is InChI=1S/C20H23NO2S2/c1-3-8-17-14-16-15-18(24-13-4-2)11-12-20(16)21(17)25(22,23)19-9-6-5-7-10-19/h5-7,9-12,14-15H,3-4,8,13H2,1-2H3. The molecule has 0 radical (unpaired) electrons. The molecule has 0 aliphatic rings. The van der Waals surface area contributed by atoms with E-state index in [4.69, 9.17) is 0 Å². The van der Waals surface area contributed by atoms with E-state index in [9.17, 15) is 8.42 Å². The number of rotatable bonds is 7. The quantitative estimate of drug-likeness (QED) is 0.525. The number of nitrogens with zero attached hydrogens (tertiary/aromatic N) is 1. The van der Waals surface area contributed by atoms with Gasteiger partial charge in [-0.25, -0.2) is 12.4 Å². The van der Waals surface area contributed by atoms with E-state index in [0.29, 0.717) is 4.90 Å². The van der Waals surface area contributed by atoms with Gasteiger partial charge in [0.05, 0.1) is 10.4 Å². The fourth-order valence-corrected chi connectivity index (χ4v) is 5.35. The lowest BCUT2D eigenvalue weighted by Gasteiger charge is -2.12. The van der Waals surface area contributed by atoms with E-state index in [2.05, 4.69) is 19.9 Å².